The Balaban J connectivity index is 1.72. The molecule has 2 N–H and O–H groups in total. The number of benzene rings is 3. The van der Waals surface area contributed by atoms with Gasteiger partial charge in [-0.05, 0) is 48.0 Å². The Bertz CT molecular complexity index is 972. The van der Waals surface area contributed by atoms with Crippen molar-refractivity contribution in [3.8, 4) is 0 Å². The van der Waals surface area contributed by atoms with Crippen LogP contribution in [0.1, 0.15) is 26.3 Å². The molecule has 0 aliphatic heterocycles. The first-order valence-corrected chi connectivity index (χ1v) is 8.21. The standard InChI is InChI=1S/C21H16F2N2O2/c22-16-10-8-14(9-11-16)13-24-21(27)18-6-1-2-7-19(18)25-20(26)15-4-3-5-17(23)12-15/h1-12H,13H2,(H,24,27)(H,25,26). The maximum atomic E-state index is 13.3. The molecular weight excluding hydrogens is 350 g/mol. The lowest BCUT2D eigenvalue weighted by Gasteiger charge is -2.12. The van der Waals surface area contributed by atoms with Crippen LogP contribution >= 0.6 is 0 Å². The summed E-state index contributed by atoms with van der Waals surface area (Å²) in [7, 11) is 0. The molecule has 0 aliphatic rings. The molecule has 0 saturated carbocycles. The molecule has 2 amide bonds. The zero-order valence-corrected chi connectivity index (χ0v) is 14.2. The molecule has 0 saturated heterocycles. The third kappa shape index (κ3) is 4.76. The summed E-state index contributed by atoms with van der Waals surface area (Å²) in [6, 6.07) is 17.6. The number of carbonyl (C=O) groups is 2. The van der Waals surface area contributed by atoms with Crippen molar-refractivity contribution in [2.75, 3.05) is 5.32 Å². The van der Waals surface area contributed by atoms with Crippen LogP contribution in [0.4, 0.5) is 14.5 Å². The Morgan fingerprint density at radius 2 is 1.52 bits per heavy atom. The van der Waals surface area contributed by atoms with E-state index in [9.17, 15) is 18.4 Å². The van der Waals surface area contributed by atoms with Gasteiger partial charge in [0.15, 0.2) is 0 Å². The van der Waals surface area contributed by atoms with E-state index < -0.39 is 17.6 Å². The number of halogens is 2. The molecular formula is C21H16F2N2O2. The zero-order valence-electron chi connectivity index (χ0n) is 14.2. The first-order valence-electron chi connectivity index (χ1n) is 8.21. The highest BCUT2D eigenvalue weighted by Crippen LogP contribution is 2.17. The van der Waals surface area contributed by atoms with Gasteiger partial charge in [0.05, 0.1) is 11.3 Å². The fraction of sp³-hybridized carbons (Fsp3) is 0.0476. The summed E-state index contributed by atoms with van der Waals surface area (Å²) in [5.74, 6) is -1.79. The smallest absolute Gasteiger partial charge is 0.255 e. The average Bonchev–Trinajstić information content (AvgIpc) is 2.67. The van der Waals surface area contributed by atoms with Gasteiger partial charge < -0.3 is 10.6 Å². The number of hydrogen-bond donors (Lipinski definition) is 2. The number of para-hydroxylation sites is 1. The van der Waals surface area contributed by atoms with E-state index in [1.165, 1.54) is 30.3 Å². The van der Waals surface area contributed by atoms with E-state index in [1.54, 1.807) is 36.4 Å². The molecule has 0 unspecified atom stereocenters. The van der Waals surface area contributed by atoms with Gasteiger partial charge in [-0.2, -0.15) is 0 Å². The fourth-order valence-corrected chi connectivity index (χ4v) is 2.49. The molecule has 3 rings (SSSR count). The molecule has 3 aromatic carbocycles. The Kier molecular flexibility index (Phi) is 5.56. The number of rotatable bonds is 5. The van der Waals surface area contributed by atoms with E-state index >= 15 is 0 Å². The summed E-state index contributed by atoms with van der Waals surface area (Å²) in [5, 5.41) is 5.35. The van der Waals surface area contributed by atoms with Crippen molar-refractivity contribution in [3.05, 3.63) is 101 Å². The summed E-state index contributed by atoms with van der Waals surface area (Å²) in [4.78, 5) is 24.8. The lowest BCUT2D eigenvalue weighted by Crippen LogP contribution is -2.25. The number of anilines is 1. The molecule has 0 fully saturated rings. The minimum atomic E-state index is -0.520. The van der Waals surface area contributed by atoms with Gasteiger partial charge in [0.1, 0.15) is 11.6 Å². The molecule has 0 atom stereocenters. The number of carbonyl (C=O) groups excluding carboxylic acids is 2. The van der Waals surface area contributed by atoms with Gasteiger partial charge in [0.25, 0.3) is 11.8 Å². The molecule has 0 radical (unpaired) electrons. The quantitative estimate of drug-likeness (QED) is 0.713. The summed E-state index contributed by atoms with van der Waals surface area (Å²) in [6.45, 7) is 0.214. The average molecular weight is 366 g/mol. The second-order valence-corrected chi connectivity index (χ2v) is 5.82. The second-order valence-electron chi connectivity index (χ2n) is 5.82. The third-order valence-electron chi connectivity index (χ3n) is 3.87. The van der Waals surface area contributed by atoms with E-state index in [0.717, 1.165) is 11.6 Å². The predicted octanol–water partition coefficient (Wildman–Crippen LogP) is 4.15. The van der Waals surface area contributed by atoms with E-state index in [2.05, 4.69) is 10.6 Å². The first kappa shape index (κ1) is 18.3. The predicted molar refractivity (Wildman–Crippen MR) is 98.4 cm³/mol. The Labute approximate surface area is 154 Å². The molecule has 0 spiro atoms. The molecule has 6 heteroatoms. The number of amides is 2. The monoisotopic (exact) mass is 366 g/mol. The second kappa shape index (κ2) is 8.23. The van der Waals surface area contributed by atoms with Gasteiger partial charge in [-0.1, -0.05) is 30.3 Å². The fourth-order valence-electron chi connectivity index (χ4n) is 2.49. The van der Waals surface area contributed by atoms with Crippen molar-refractivity contribution in [1.82, 2.24) is 5.32 Å². The van der Waals surface area contributed by atoms with Crippen molar-refractivity contribution in [3.63, 3.8) is 0 Å². The van der Waals surface area contributed by atoms with E-state index in [-0.39, 0.29) is 23.5 Å². The summed E-state index contributed by atoms with van der Waals surface area (Å²) in [5.41, 5.74) is 1.47. The van der Waals surface area contributed by atoms with Crippen LogP contribution in [0.3, 0.4) is 0 Å². The molecule has 0 bridgehead atoms. The highest BCUT2D eigenvalue weighted by atomic mass is 19.1. The lowest BCUT2D eigenvalue weighted by atomic mass is 10.1. The molecule has 4 nitrogen and oxygen atoms in total. The zero-order chi connectivity index (χ0) is 19.2. The maximum Gasteiger partial charge on any atom is 0.255 e. The summed E-state index contributed by atoms with van der Waals surface area (Å²) < 4.78 is 26.2. The van der Waals surface area contributed by atoms with Crippen LogP contribution in [-0.4, -0.2) is 11.8 Å². The van der Waals surface area contributed by atoms with Crippen molar-refractivity contribution >= 4 is 17.5 Å². The molecule has 0 aliphatic carbocycles. The van der Waals surface area contributed by atoms with Gasteiger partial charge in [-0.3, -0.25) is 9.59 Å². The van der Waals surface area contributed by atoms with Crippen LogP contribution in [0.25, 0.3) is 0 Å². The molecule has 0 heterocycles. The van der Waals surface area contributed by atoms with Crippen molar-refractivity contribution in [2.24, 2.45) is 0 Å². The van der Waals surface area contributed by atoms with Gasteiger partial charge in [0, 0.05) is 12.1 Å². The van der Waals surface area contributed by atoms with Crippen molar-refractivity contribution < 1.29 is 18.4 Å². The SMILES string of the molecule is O=C(Nc1ccccc1C(=O)NCc1ccc(F)cc1)c1cccc(F)c1. The molecule has 136 valence electrons. The first-order chi connectivity index (χ1) is 13.0. The summed E-state index contributed by atoms with van der Waals surface area (Å²) >= 11 is 0. The topological polar surface area (TPSA) is 58.2 Å². The van der Waals surface area contributed by atoms with Crippen LogP contribution in [-0.2, 0) is 6.54 Å². The van der Waals surface area contributed by atoms with Crippen LogP contribution in [0.15, 0.2) is 72.8 Å². The molecule has 3 aromatic rings. The van der Waals surface area contributed by atoms with E-state index in [1.807, 2.05) is 0 Å². The van der Waals surface area contributed by atoms with Gasteiger partial charge >= 0.3 is 0 Å². The van der Waals surface area contributed by atoms with Gasteiger partial charge in [-0.25, -0.2) is 8.78 Å². The Morgan fingerprint density at radius 3 is 2.26 bits per heavy atom. The minimum Gasteiger partial charge on any atom is -0.348 e. The summed E-state index contributed by atoms with van der Waals surface area (Å²) in [6.07, 6.45) is 0. The number of nitrogens with one attached hydrogen (secondary N) is 2. The molecule has 27 heavy (non-hydrogen) atoms. The lowest BCUT2D eigenvalue weighted by molar-refractivity contribution is 0.0952. The van der Waals surface area contributed by atoms with Crippen LogP contribution in [0.2, 0.25) is 0 Å². The van der Waals surface area contributed by atoms with E-state index in [0.29, 0.717) is 5.69 Å². The third-order valence-corrected chi connectivity index (χ3v) is 3.87. The largest absolute Gasteiger partial charge is 0.348 e. The van der Waals surface area contributed by atoms with Gasteiger partial charge in [0.2, 0.25) is 0 Å². The van der Waals surface area contributed by atoms with Crippen LogP contribution in [0.5, 0.6) is 0 Å². The Morgan fingerprint density at radius 1 is 0.778 bits per heavy atom. The van der Waals surface area contributed by atoms with Gasteiger partial charge in [-0.15, -0.1) is 0 Å². The van der Waals surface area contributed by atoms with E-state index in [4.69, 9.17) is 0 Å². The van der Waals surface area contributed by atoms with Crippen LogP contribution < -0.4 is 10.6 Å². The Hall–Kier alpha value is -3.54. The number of hydrogen-bond acceptors (Lipinski definition) is 2. The molecule has 0 aromatic heterocycles. The highest BCUT2D eigenvalue weighted by molar-refractivity contribution is 6.08. The minimum absolute atomic E-state index is 0.150. The maximum absolute atomic E-state index is 13.3. The highest BCUT2D eigenvalue weighted by Gasteiger charge is 2.14. The normalized spacial score (nSPS) is 10.3. The van der Waals surface area contributed by atoms with Crippen molar-refractivity contribution in [2.45, 2.75) is 6.54 Å². The van der Waals surface area contributed by atoms with Crippen molar-refractivity contribution in [1.29, 1.82) is 0 Å². The van der Waals surface area contributed by atoms with Crippen LogP contribution in [0, 0.1) is 11.6 Å².